The van der Waals surface area contributed by atoms with Crippen LogP contribution in [0.4, 0.5) is 8.78 Å². The SMILES string of the molecule is Fc1cccc(-n2cc(Oc3ccccc3F)cn2)c1. The predicted molar refractivity (Wildman–Crippen MR) is 70.0 cm³/mol. The van der Waals surface area contributed by atoms with Gasteiger partial charge in [0.1, 0.15) is 5.82 Å². The molecule has 0 amide bonds. The van der Waals surface area contributed by atoms with Crippen LogP contribution in [-0.2, 0) is 0 Å². The van der Waals surface area contributed by atoms with Crippen molar-refractivity contribution < 1.29 is 13.5 Å². The zero-order chi connectivity index (χ0) is 13.9. The molecule has 3 aromatic rings. The number of benzene rings is 2. The second kappa shape index (κ2) is 5.13. The van der Waals surface area contributed by atoms with Gasteiger partial charge in [0.05, 0.1) is 18.1 Å². The van der Waals surface area contributed by atoms with Crippen LogP contribution in [-0.4, -0.2) is 9.78 Å². The van der Waals surface area contributed by atoms with Crippen LogP contribution in [0.2, 0.25) is 0 Å². The molecule has 100 valence electrons. The van der Waals surface area contributed by atoms with Gasteiger partial charge in [0.15, 0.2) is 17.3 Å². The Bertz CT molecular complexity index is 740. The normalized spacial score (nSPS) is 10.5. The highest BCUT2D eigenvalue weighted by Crippen LogP contribution is 2.24. The van der Waals surface area contributed by atoms with E-state index in [0.717, 1.165) is 0 Å². The van der Waals surface area contributed by atoms with E-state index in [1.54, 1.807) is 30.5 Å². The molecule has 5 heteroatoms. The number of halogens is 2. The van der Waals surface area contributed by atoms with Gasteiger partial charge in [-0.05, 0) is 30.3 Å². The Morgan fingerprint density at radius 2 is 1.85 bits per heavy atom. The van der Waals surface area contributed by atoms with Gasteiger partial charge in [0.25, 0.3) is 0 Å². The fourth-order valence-corrected chi connectivity index (χ4v) is 1.77. The van der Waals surface area contributed by atoms with Gasteiger partial charge in [-0.15, -0.1) is 0 Å². The van der Waals surface area contributed by atoms with E-state index >= 15 is 0 Å². The lowest BCUT2D eigenvalue weighted by Gasteiger charge is -2.03. The summed E-state index contributed by atoms with van der Waals surface area (Å²) in [4.78, 5) is 0. The average Bonchev–Trinajstić information content (AvgIpc) is 2.90. The lowest BCUT2D eigenvalue weighted by atomic mass is 10.3. The van der Waals surface area contributed by atoms with Gasteiger partial charge in [-0.1, -0.05) is 18.2 Å². The molecule has 20 heavy (non-hydrogen) atoms. The maximum atomic E-state index is 13.5. The molecule has 3 nitrogen and oxygen atoms in total. The minimum atomic E-state index is -0.453. The van der Waals surface area contributed by atoms with Crippen molar-refractivity contribution in [2.45, 2.75) is 0 Å². The highest BCUT2D eigenvalue weighted by Gasteiger charge is 2.06. The molecule has 2 aromatic carbocycles. The van der Waals surface area contributed by atoms with Gasteiger partial charge in [0.2, 0.25) is 0 Å². The van der Waals surface area contributed by atoms with Gasteiger partial charge < -0.3 is 4.74 Å². The van der Waals surface area contributed by atoms with Crippen molar-refractivity contribution in [1.29, 1.82) is 0 Å². The number of ether oxygens (including phenoxy) is 1. The van der Waals surface area contributed by atoms with E-state index in [1.165, 1.54) is 35.1 Å². The largest absolute Gasteiger partial charge is 0.451 e. The molecule has 0 radical (unpaired) electrons. The topological polar surface area (TPSA) is 27.1 Å². The summed E-state index contributed by atoms with van der Waals surface area (Å²) in [5.74, 6) is -0.314. The number of aromatic nitrogens is 2. The van der Waals surface area contributed by atoms with Gasteiger partial charge >= 0.3 is 0 Å². The Balaban J connectivity index is 1.86. The molecule has 0 aliphatic rings. The van der Waals surface area contributed by atoms with Crippen molar-refractivity contribution in [1.82, 2.24) is 9.78 Å². The molecular formula is C15H10F2N2O. The van der Waals surface area contributed by atoms with Crippen LogP contribution >= 0.6 is 0 Å². The van der Waals surface area contributed by atoms with Crippen molar-refractivity contribution in [3.63, 3.8) is 0 Å². The zero-order valence-corrected chi connectivity index (χ0v) is 10.3. The highest BCUT2D eigenvalue weighted by atomic mass is 19.1. The summed E-state index contributed by atoms with van der Waals surface area (Å²) in [6, 6.07) is 12.1. The Labute approximate surface area is 114 Å². The molecule has 0 spiro atoms. The molecule has 0 saturated heterocycles. The van der Waals surface area contributed by atoms with Crippen LogP contribution in [0.25, 0.3) is 5.69 Å². The van der Waals surface area contributed by atoms with Gasteiger partial charge in [-0.2, -0.15) is 5.10 Å². The molecule has 0 saturated carbocycles. The van der Waals surface area contributed by atoms with Crippen molar-refractivity contribution in [2.75, 3.05) is 0 Å². The summed E-state index contributed by atoms with van der Waals surface area (Å²) in [6.45, 7) is 0. The number of nitrogens with zero attached hydrogens (tertiary/aromatic N) is 2. The second-order valence-electron chi connectivity index (χ2n) is 4.13. The summed E-state index contributed by atoms with van der Waals surface area (Å²) in [5.41, 5.74) is 0.563. The van der Waals surface area contributed by atoms with Crippen LogP contribution in [0.15, 0.2) is 60.9 Å². The van der Waals surface area contributed by atoms with Crippen LogP contribution in [0, 0.1) is 11.6 Å². The van der Waals surface area contributed by atoms with Gasteiger partial charge in [-0.25, -0.2) is 13.5 Å². The van der Waals surface area contributed by atoms with E-state index in [-0.39, 0.29) is 11.6 Å². The Morgan fingerprint density at radius 3 is 2.65 bits per heavy atom. The fourth-order valence-electron chi connectivity index (χ4n) is 1.77. The van der Waals surface area contributed by atoms with Gasteiger partial charge in [-0.3, -0.25) is 0 Å². The van der Waals surface area contributed by atoms with Crippen molar-refractivity contribution >= 4 is 0 Å². The Kier molecular flexibility index (Phi) is 3.16. The van der Waals surface area contributed by atoms with Crippen LogP contribution in [0.1, 0.15) is 0 Å². The third-order valence-corrected chi connectivity index (χ3v) is 2.70. The molecule has 0 atom stereocenters. The van der Waals surface area contributed by atoms with Gasteiger partial charge in [0, 0.05) is 0 Å². The molecule has 1 aromatic heterocycles. The monoisotopic (exact) mass is 272 g/mol. The van der Waals surface area contributed by atoms with E-state index in [4.69, 9.17) is 4.74 Å². The summed E-state index contributed by atoms with van der Waals surface area (Å²) in [5, 5.41) is 4.06. The standard InChI is InChI=1S/C15H10F2N2O/c16-11-4-3-5-12(8-11)19-10-13(9-18-19)20-15-7-2-1-6-14(15)17/h1-10H. The second-order valence-corrected chi connectivity index (χ2v) is 4.13. The summed E-state index contributed by atoms with van der Waals surface area (Å²) < 4.78 is 33.4. The first kappa shape index (κ1) is 12.3. The first-order valence-electron chi connectivity index (χ1n) is 5.95. The third-order valence-electron chi connectivity index (χ3n) is 2.70. The number of para-hydroxylation sites is 1. The lowest BCUT2D eigenvalue weighted by molar-refractivity contribution is 0.442. The number of hydrogen-bond donors (Lipinski definition) is 0. The molecule has 0 aliphatic heterocycles. The van der Waals surface area contributed by atoms with E-state index in [9.17, 15) is 8.78 Å². The van der Waals surface area contributed by atoms with Crippen molar-refractivity contribution in [3.05, 3.63) is 72.6 Å². The maximum Gasteiger partial charge on any atom is 0.165 e. The quantitative estimate of drug-likeness (QED) is 0.722. The van der Waals surface area contributed by atoms with E-state index in [1.807, 2.05) is 0 Å². The van der Waals surface area contributed by atoms with E-state index in [2.05, 4.69) is 5.10 Å². The molecular weight excluding hydrogens is 262 g/mol. The molecule has 0 unspecified atom stereocenters. The molecule has 0 bridgehead atoms. The molecule has 3 rings (SSSR count). The van der Waals surface area contributed by atoms with Crippen LogP contribution in [0.3, 0.4) is 0 Å². The first-order chi connectivity index (χ1) is 9.72. The highest BCUT2D eigenvalue weighted by molar-refractivity contribution is 5.35. The van der Waals surface area contributed by atoms with Crippen molar-refractivity contribution in [3.8, 4) is 17.2 Å². The summed E-state index contributed by atoms with van der Waals surface area (Å²) in [6.07, 6.45) is 3.00. The lowest BCUT2D eigenvalue weighted by Crippen LogP contribution is -1.94. The average molecular weight is 272 g/mol. The molecule has 0 fully saturated rings. The Hall–Kier alpha value is -2.69. The van der Waals surface area contributed by atoms with Crippen molar-refractivity contribution in [2.24, 2.45) is 0 Å². The first-order valence-corrected chi connectivity index (χ1v) is 5.95. The third kappa shape index (κ3) is 2.51. The minimum absolute atomic E-state index is 0.117. The number of hydrogen-bond acceptors (Lipinski definition) is 2. The summed E-state index contributed by atoms with van der Waals surface area (Å²) in [7, 11) is 0. The molecule has 0 N–H and O–H groups in total. The molecule has 0 aliphatic carbocycles. The number of rotatable bonds is 3. The summed E-state index contributed by atoms with van der Waals surface area (Å²) >= 11 is 0. The molecule has 1 heterocycles. The fraction of sp³-hybridized carbons (Fsp3) is 0. The predicted octanol–water partition coefficient (Wildman–Crippen LogP) is 3.94. The van der Waals surface area contributed by atoms with E-state index < -0.39 is 5.82 Å². The minimum Gasteiger partial charge on any atom is -0.451 e. The smallest absolute Gasteiger partial charge is 0.165 e. The van der Waals surface area contributed by atoms with Crippen LogP contribution < -0.4 is 4.74 Å². The Morgan fingerprint density at radius 1 is 1.00 bits per heavy atom. The van der Waals surface area contributed by atoms with E-state index in [0.29, 0.717) is 11.4 Å². The maximum absolute atomic E-state index is 13.5. The van der Waals surface area contributed by atoms with Crippen LogP contribution in [0.5, 0.6) is 11.5 Å². The zero-order valence-electron chi connectivity index (χ0n) is 10.3.